The van der Waals surface area contributed by atoms with Crippen molar-refractivity contribution in [3.8, 4) is 0 Å². The first-order valence-electron chi connectivity index (χ1n) is 13.5. The molecule has 0 amide bonds. The van der Waals surface area contributed by atoms with Crippen molar-refractivity contribution in [3.05, 3.63) is 11.1 Å². The average molecular weight is 475 g/mol. The lowest BCUT2D eigenvalue weighted by Gasteiger charge is -2.63. The third kappa shape index (κ3) is 2.80. The van der Waals surface area contributed by atoms with Gasteiger partial charge in [-0.05, 0) is 81.0 Å². The number of ether oxygens (including phenoxy) is 2. The summed E-state index contributed by atoms with van der Waals surface area (Å²) in [5.74, 6) is 1.61. The monoisotopic (exact) mass is 474 g/mol. The molecule has 6 nitrogen and oxygen atoms in total. The minimum atomic E-state index is -1.16. The zero-order chi connectivity index (χ0) is 24.4. The molecule has 2 heterocycles. The first kappa shape index (κ1) is 23.4. The van der Waals surface area contributed by atoms with Crippen molar-refractivity contribution < 1.29 is 29.6 Å². The van der Waals surface area contributed by atoms with Gasteiger partial charge in [0.05, 0.1) is 18.3 Å². The van der Waals surface area contributed by atoms with Crippen LogP contribution in [0.25, 0.3) is 0 Å². The topological polar surface area (TPSA) is 99.5 Å². The maximum atomic E-state index is 12.4. The van der Waals surface area contributed by atoms with Crippen LogP contribution < -0.4 is 0 Å². The van der Waals surface area contributed by atoms with Crippen LogP contribution in [0.1, 0.15) is 79.6 Å². The van der Waals surface area contributed by atoms with Crippen LogP contribution in [0.2, 0.25) is 0 Å². The van der Waals surface area contributed by atoms with Crippen LogP contribution in [0.4, 0.5) is 0 Å². The maximum Gasteiger partial charge on any atom is 0.333 e. The summed E-state index contributed by atoms with van der Waals surface area (Å²) in [5.41, 5.74) is 0.234. The second-order valence-electron chi connectivity index (χ2n) is 13.3. The van der Waals surface area contributed by atoms with Gasteiger partial charge in [0.2, 0.25) is 0 Å². The third-order valence-electron chi connectivity index (χ3n) is 12.2. The molecule has 6 aliphatic rings. The molecule has 3 N–H and O–H groups in total. The molecule has 0 spiro atoms. The van der Waals surface area contributed by atoms with Gasteiger partial charge >= 0.3 is 5.97 Å². The van der Waals surface area contributed by atoms with Crippen molar-refractivity contribution in [2.24, 2.45) is 40.4 Å². The molecule has 4 aliphatic carbocycles. The zero-order valence-electron chi connectivity index (χ0n) is 21.3. The minimum absolute atomic E-state index is 0.0274. The zero-order valence-corrected chi connectivity index (χ0v) is 21.3. The van der Waals surface area contributed by atoms with Crippen LogP contribution in [-0.2, 0) is 14.3 Å². The SMILES string of the molecule is CC1=C(C)C(=O)O[C@H]([C@H](C)[C@H]2CC[C@H]3[C@@H]4[C@@H]5O[C@@H]5[C@@]5(O)C[C@@H](O)C[C@H](O)[C@]5(C)[C@H]4CC[C@]23C)C1. The van der Waals surface area contributed by atoms with E-state index in [1.54, 1.807) is 0 Å². The molecular weight excluding hydrogens is 432 g/mol. The van der Waals surface area contributed by atoms with Crippen LogP contribution >= 0.6 is 0 Å². The molecule has 2 aliphatic heterocycles. The van der Waals surface area contributed by atoms with E-state index in [2.05, 4.69) is 27.7 Å². The summed E-state index contributed by atoms with van der Waals surface area (Å²) < 4.78 is 12.2. The summed E-state index contributed by atoms with van der Waals surface area (Å²) in [6.07, 6.45) is 4.01. The summed E-state index contributed by atoms with van der Waals surface area (Å²) in [7, 11) is 0. The van der Waals surface area contributed by atoms with Gasteiger partial charge in [-0.15, -0.1) is 0 Å². The van der Waals surface area contributed by atoms with E-state index in [-0.39, 0.29) is 35.6 Å². The molecule has 1 saturated heterocycles. The molecule has 6 heteroatoms. The van der Waals surface area contributed by atoms with Crippen LogP contribution in [-0.4, -0.2) is 57.4 Å². The standard InChI is InChI=1S/C28H42O6/c1-13-10-20(33-25(31)14(13)2)15(3)17-6-7-18-22-19(8-9-26(17,18)4)27(5)21(30)11-16(29)12-28(27,32)24-23(22)34-24/h15-24,29-30,32H,6-12H2,1-5H3/t15-,16+,17-,18+,19+,20+,21+,22+,23+,24+,26-,27+,28+/m1/s1. The molecule has 13 atom stereocenters. The highest BCUT2D eigenvalue weighted by molar-refractivity contribution is 5.89. The Morgan fingerprint density at radius 2 is 1.82 bits per heavy atom. The van der Waals surface area contributed by atoms with Gasteiger partial charge in [0.1, 0.15) is 17.8 Å². The van der Waals surface area contributed by atoms with E-state index < -0.39 is 23.2 Å². The second-order valence-corrected chi connectivity index (χ2v) is 13.3. The van der Waals surface area contributed by atoms with Gasteiger partial charge in [0.25, 0.3) is 0 Å². The van der Waals surface area contributed by atoms with Crippen LogP contribution in [0.15, 0.2) is 11.1 Å². The molecule has 4 saturated carbocycles. The van der Waals surface area contributed by atoms with Crippen molar-refractivity contribution in [2.75, 3.05) is 0 Å². The van der Waals surface area contributed by atoms with Crippen molar-refractivity contribution in [1.82, 2.24) is 0 Å². The fourth-order valence-corrected chi connectivity index (χ4v) is 9.95. The molecule has 0 aromatic rings. The molecule has 0 aromatic heterocycles. The number of cyclic esters (lactones) is 1. The normalized spacial score (nSPS) is 57.2. The smallest absolute Gasteiger partial charge is 0.333 e. The first-order valence-corrected chi connectivity index (χ1v) is 13.5. The number of aliphatic hydroxyl groups excluding tert-OH is 2. The minimum Gasteiger partial charge on any atom is -0.458 e. The lowest BCUT2D eigenvalue weighted by atomic mass is 9.42. The number of epoxide rings is 1. The Morgan fingerprint density at radius 1 is 1.09 bits per heavy atom. The Hall–Kier alpha value is -0.950. The first-order chi connectivity index (χ1) is 15.9. The van der Waals surface area contributed by atoms with E-state index in [1.807, 2.05) is 6.92 Å². The Balaban J connectivity index is 1.29. The molecular formula is C28H42O6. The highest BCUT2D eigenvalue weighted by atomic mass is 16.6. The molecule has 0 radical (unpaired) electrons. The van der Waals surface area contributed by atoms with E-state index in [0.29, 0.717) is 36.5 Å². The molecule has 190 valence electrons. The summed E-state index contributed by atoms with van der Waals surface area (Å²) >= 11 is 0. The summed E-state index contributed by atoms with van der Waals surface area (Å²) in [5, 5.41) is 33.4. The van der Waals surface area contributed by atoms with E-state index in [1.165, 1.54) is 0 Å². The molecule has 0 aromatic carbocycles. The Kier molecular flexibility index (Phi) is 5.04. The van der Waals surface area contributed by atoms with Crippen molar-refractivity contribution in [2.45, 2.75) is 116 Å². The highest BCUT2D eigenvalue weighted by Gasteiger charge is 2.78. The van der Waals surface area contributed by atoms with Crippen LogP contribution in [0, 0.1) is 40.4 Å². The average Bonchev–Trinajstić information content (AvgIpc) is 3.50. The van der Waals surface area contributed by atoms with E-state index in [4.69, 9.17) is 9.47 Å². The molecule has 6 rings (SSSR count). The number of hydrogen-bond donors (Lipinski definition) is 3. The van der Waals surface area contributed by atoms with Crippen molar-refractivity contribution in [1.29, 1.82) is 0 Å². The second kappa shape index (κ2) is 7.30. The van der Waals surface area contributed by atoms with Gasteiger partial charge in [0.15, 0.2) is 0 Å². The van der Waals surface area contributed by atoms with E-state index in [9.17, 15) is 20.1 Å². The molecule has 0 bridgehead atoms. The maximum absolute atomic E-state index is 12.4. The number of carbonyl (C=O) groups excluding carboxylic acids is 1. The highest BCUT2D eigenvalue weighted by Crippen LogP contribution is 2.72. The lowest BCUT2D eigenvalue weighted by molar-refractivity contribution is -0.250. The molecule has 5 fully saturated rings. The molecule has 34 heavy (non-hydrogen) atoms. The number of rotatable bonds is 2. The fourth-order valence-electron chi connectivity index (χ4n) is 9.95. The van der Waals surface area contributed by atoms with Crippen molar-refractivity contribution in [3.63, 3.8) is 0 Å². The van der Waals surface area contributed by atoms with Gasteiger partial charge in [-0.2, -0.15) is 0 Å². The van der Waals surface area contributed by atoms with Crippen LogP contribution in [0.5, 0.6) is 0 Å². The Bertz CT molecular complexity index is 930. The predicted molar refractivity (Wildman–Crippen MR) is 126 cm³/mol. The van der Waals surface area contributed by atoms with Crippen LogP contribution in [0.3, 0.4) is 0 Å². The van der Waals surface area contributed by atoms with E-state index in [0.717, 1.165) is 43.3 Å². The quantitative estimate of drug-likeness (QED) is 0.419. The summed E-state index contributed by atoms with van der Waals surface area (Å²) in [6, 6.07) is 0. The van der Waals surface area contributed by atoms with Gasteiger partial charge < -0.3 is 24.8 Å². The lowest BCUT2D eigenvalue weighted by Crippen LogP contribution is -2.71. The number of hydrogen-bond acceptors (Lipinski definition) is 6. The van der Waals surface area contributed by atoms with Gasteiger partial charge in [0, 0.05) is 23.8 Å². The predicted octanol–water partition coefficient (Wildman–Crippen LogP) is 3.37. The molecule has 0 unspecified atom stereocenters. The Labute approximate surface area is 203 Å². The third-order valence-corrected chi connectivity index (χ3v) is 12.2. The number of fused-ring (bicyclic) bond motifs is 8. The summed E-state index contributed by atoms with van der Waals surface area (Å²) in [4.78, 5) is 12.4. The van der Waals surface area contributed by atoms with Gasteiger partial charge in [-0.3, -0.25) is 0 Å². The van der Waals surface area contributed by atoms with E-state index >= 15 is 0 Å². The van der Waals surface area contributed by atoms with Gasteiger partial charge in [-0.25, -0.2) is 4.79 Å². The fraction of sp³-hybridized carbons (Fsp3) is 0.893. The summed E-state index contributed by atoms with van der Waals surface area (Å²) in [6.45, 7) is 10.7. The number of esters is 1. The number of aliphatic hydroxyl groups is 3. The number of carbonyl (C=O) groups is 1. The van der Waals surface area contributed by atoms with Gasteiger partial charge in [-0.1, -0.05) is 26.3 Å². The Morgan fingerprint density at radius 3 is 2.53 bits per heavy atom. The van der Waals surface area contributed by atoms with Crippen molar-refractivity contribution >= 4 is 5.97 Å². The largest absolute Gasteiger partial charge is 0.458 e.